The molecule has 0 aromatic carbocycles. The van der Waals surface area contributed by atoms with Crippen LogP contribution in [0.3, 0.4) is 0 Å². The molecule has 16 heavy (non-hydrogen) atoms. The molecule has 1 heterocycles. The highest BCUT2D eigenvalue weighted by atomic mass is 35.5. The van der Waals surface area contributed by atoms with Crippen LogP contribution in [0.5, 0.6) is 0 Å². The van der Waals surface area contributed by atoms with Crippen molar-refractivity contribution in [3.63, 3.8) is 0 Å². The molecule has 1 saturated heterocycles. The molecule has 1 rings (SSSR count). The Balaban J connectivity index is 2.07. The standard InChI is InChI=1S/C13H27ClN2/c1-3-7-15-9-11-16(12-10-15)8-5-13(2)4-6-14/h13H,3-12H2,1-2H3. The van der Waals surface area contributed by atoms with Gasteiger partial charge in [0.05, 0.1) is 0 Å². The van der Waals surface area contributed by atoms with Gasteiger partial charge in [0.2, 0.25) is 0 Å². The summed E-state index contributed by atoms with van der Waals surface area (Å²) in [6, 6.07) is 0. The van der Waals surface area contributed by atoms with E-state index >= 15 is 0 Å². The molecule has 1 aliphatic rings. The van der Waals surface area contributed by atoms with Crippen molar-refractivity contribution in [2.75, 3.05) is 45.1 Å². The third-order valence-corrected chi connectivity index (χ3v) is 3.76. The van der Waals surface area contributed by atoms with Crippen molar-refractivity contribution in [1.82, 2.24) is 9.80 Å². The third-order valence-electron chi connectivity index (χ3n) is 3.54. The molecule has 0 spiro atoms. The van der Waals surface area contributed by atoms with Crippen molar-refractivity contribution in [1.29, 1.82) is 0 Å². The quantitative estimate of drug-likeness (QED) is 0.638. The first-order valence-electron chi connectivity index (χ1n) is 6.77. The van der Waals surface area contributed by atoms with Gasteiger partial charge in [-0.3, -0.25) is 0 Å². The van der Waals surface area contributed by atoms with E-state index in [1.54, 1.807) is 0 Å². The van der Waals surface area contributed by atoms with Gasteiger partial charge in [-0.05, 0) is 38.3 Å². The summed E-state index contributed by atoms with van der Waals surface area (Å²) in [4.78, 5) is 5.19. The predicted molar refractivity (Wildman–Crippen MR) is 72.3 cm³/mol. The normalized spacial score (nSPS) is 21.2. The van der Waals surface area contributed by atoms with Crippen molar-refractivity contribution < 1.29 is 0 Å². The first-order valence-corrected chi connectivity index (χ1v) is 7.30. The van der Waals surface area contributed by atoms with Gasteiger partial charge in [0.15, 0.2) is 0 Å². The number of alkyl halides is 1. The van der Waals surface area contributed by atoms with Gasteiger partial charge in [0.1, 0.15) is 0 Å². The maximum absolute atomic E-state index is 5.75. The Morgan fingerprint density at radius 1 is 1.00 bits per heavy atom. The van der Waals surface area contributed by atoms with Gasteiger partial charge in [0.25, 0.3) is 0 Å². The van der Waals surface area contributed by atoms with Crippen LogP contribution in [-0.2, 0) is 0 Å². The largest absolute Gasteiger partial charge is 0.301 e. The molecule has 0 radical (unpaired) electrons. The lowest BCUT2D eigenvalue weighted by molar-refractivity contribution is 0.127. The monoisotopic (exact) mass is 246 g/mol. The molecular weight excluding hydrogens is 220 g/mol. The number of rotatable bonds is 7. The fourth-order valence-corrected chi connectivity index (χ4v) is 2.66. The molecule has 0 aromatic heterocycles. The van der Waals surface area contributed by atoms with Crippen LogP contribution in [0.15, 0.2) is 0 Å². The van der Waals surface area contributed by atoms with Gasteiger partial charge in [-0.1, -0.05) is 13.8 Å². The van der Waals surface area contributed by atoms with Crippen molar-refractivity contribution >= 4 is 11.6 Å². The Labute approximate surface area is 106 Å². The topological polar surface area (TPSA) is 6.48 Å². The second-order valence-corrected chi connectivity index (χ2v) is 5.43. The molecule has 96 valence electrons. The maximum Gasteiger partial charge on any atom is 0.0225 e. The average molecular weight is 247 g/mol. The highest BCUT2D eigenvalue weighted by molar-refractivity contribution is 6.17. The smallest absolute Gasteiger partial charge is 0.0225 e. The third kappa shape index (κ3) is 5.51. The van der Waals surface area contributed by atoms with Crippen molar-refractivity contribution in [2.45, 2.75) is 33.1 Å². The zero-order valence-corrected chi connectivity index (χ0v) is 11.7. The predicted octanol–water partition coefficient (Wildman–Crippen LogP) is 2.67. The molecule has 0 N–H and O–H groups in total. The summed E-state index contributed by atoms with van der Waals surface area (Å²) in [5.41, 5.74) is 0. The van der Waals surface area contributed by atoms with Gasteiger partial charge < -0.3 is 9.80 Å². The lowest BCUT2D eigenvalue weighted by Crippen LogP contribution is -2.46. The molecular formula is C13H27ClN2. The maximum atomic E-state index is 5.75. The lowest BCUT2D eigenvalue weighted by Gasteiger charge is -2.34. The van der Waals surface area contributed by atoms with E-state index in [0.29, 0.717) is 0 Å². The van der Waals surface area contributed by atoms with Crippen molar-refractivity contribution in [3.8, 4) is 0 Å². The van der Waals surface area contributed by atoms with Crippen molar-refractivity contribution in [3.05, 3.63) is 0 Å². The second kappa shape index (κ2) is 8.32. The Morgan fingerprint density at radius 2 is 1.56 bits per heavy atom. The van der Waals surface area contributed by atoms with E-state index in [1.807, 2.05) is 0 Å². The first kappa shape index (κ1) is 14.3. The summed E-state index contributed by atoms with van der Waals surface area (Å²) in [5, 5.41) is 0. The molecule has 0 aliphatic carbocycles. The number of hydrogen-bond acceptors (Lipinski definition) is 2. The molecule has 1 atom stereocenters. The Kier molecular flexibility index (Phi) is 7.42. The molecule has 2 nitrogen and oxygen atoms in total. The van der Waals surface area contributed by atoms with E-state index in [0.717, 1.165) is 18.2 Å². The lowest BCUT2D eigenvalue weighted by atomic mass is 10.0. The fourth-order valence-electron chi connectivity index (χ4n) is 2.29. The van der Waals surface area contributed by atoms with Crippen LogP contribution in [0, 0.1) is 5.92 Å². The van der Waals surface area contributed by atoms with Crippen LogP contribution in [0.1, 0.15) is 33.1 Å². The van der Waals surface area contributed by atoms with E-state index in [4.69, 9.17) is 11.6 Å². The SMILES string of the molecule is CCCN1CCN(CCC(C)CCCl)CC1. The van der Waals surface area contributed by atoms with Crippen molar-refractivity contribution in [2.24, 2.45) is 5.92 Å². The van der Waals surface area contributed by atoms with Crippen LogP contribution in [0.25, 0.3) is 0 Å². The summed E-state index contributed by atoms with van der Waals surface area (Å²) in [6.45, 7) is 12.2. The fraction of sp³-hybridized carbons (Fsp3) is 1.00. The highest BCUT2D eigenvalue weighted by Gasteiger charge is 2.16. The van der Waals surface area contributed by atoms with Gasteiger partial charge in [0, 0.05) is 32.1 Å². The van der Waals surface area contributed by atoms with E-state index in [1.165, 1.54) is 52.1 Å². The average Bonchev–Trinajstić information content (AvgIpc) is 2.29. The minimum absolute atomic E-state index is 0.783. The Bertz CT molecular complexity index is 167. The van der Waals surface area contributed by atoms with Gasteiger partial charge in [-0.25, -0.2) is 0 Å². The van der Waals surface area contributed by atoms with Gasteiger partial charge in [-0.2, -0.15) is 0 Å². The summed E-state index contributed by atoms with van der Waals surface area (Å²) in [6.07, 6.45) is 3.75. The number of hydrogen-bond donors (Lipinski definition) is 0. The van der Waals surface area contributed by atoms with Crippen LogP contribution >= 0.6 is 11.6 Å². The second-order valence-electron chi connectivity index (χ2n) is 5.05. The Hall–Kier alpha value is 0.210. The van der Waals surface area contributed by atoms with Crippen LogP contribution in [0.2, 0.25) is 0 Å². The molecule has 0 saturated carbocycles. The number of nitrogens with zero attached hydrogens (tertiary/aromatic N) is 2. The molecule has 0 aromatic rings. The molecule has 1 aliphatic heterocycles. The molecule has 3 heteroatoms. The first-order chi connectivity index (χ1) is 7.76. The summed E-state index contributed by atoms with van der Waals surface area (Å²) >= 11 is 5.75. The zero-order valence-electron chi connectivity index (χ0n) is 10.9. The number of halogens is 1. The Morgan fingerprint density at radius 3 is 2.06 bits per heavy atom. The van der Waals surface area contributed by atoms with Crippen LogP contribution < -0.4 is 0 Å². The van der Waals surface area contributed by atoms with Gasteiger partial charge >= 0.3 is 0 Å². The minimum atomic E-state index is 0.783. The summed E-state index contributed by atoms with van der Waals surface area (Å²) in [7, 11) is 0. The van der Waals surface area contributed by atoms with Crippen LogP contribution in [-0.4, -0.2) is 54.9 Å². The number of piperazine rings is 1. The zero-order chi connectivity index (χ0) is 11.8. The van der Waals surface area contributed by atoms with E-state index in [9.17, 15) is 0 Å². The molecule has 1 fully saturated rings. The highest BCUT2D eigenvalue weighted by Crippen LogP contribution is 2.11. The molecule has 0 bridgehead atoms. The summed E-state index contributed by atoms with van der Waals surface area (Å²) < 4.78 is 0. The molecule has 1 unspecified atom stereocenters. The molecule has 0 amide bonds. The van der Waals surface area contributed by atoms with E-state index < -0.39 is 0 Å². The van der Waals surface area contributed by atoms with Crippen LogP contribution in [0.4, 0.5) is 0 Å². The minimum Gasteiger partial charge on any atom is -0.301 e. The van der Waals surface area contributed by atoms with E-state index in [2.05, 4.69) is 23.6 Å². The van der Waals surface area contributed by atoms with E-state index in [-0.39, 0.29) is 0 Å². The summed E-state index contributed by atoms with van der Waals surface area (Å²) in [5.74, 6) is 1.59. The van der Waals surface area contributed by atoms with Gasteiger partial charge in [-0.15, -0.1) is 11.6 Å².